The summed E-state index contributed by atoms with van der Waals surface area (Å²) in [5.74, 6) is 0.804. The molecule has 2 heterocycles. The van der Waals surface area contributed by atoms with Crippen molar-refractivity contribution in [1.29, 1.82) is 0 Å². The highest BCUT2D eigenvalue weighted by Gasteiger charge is 2.42. The molecular weight excluding hydrogens is 252 g/mol. The lowest BCUT2D eigenvalue weighted by Crippen LogP contribution is -2.56. The van der Waals surface area contributed by atoms with E-state index in [1.807, 2.05) is 42.3 Å². The summed E-state index contributed by atoms with van der Waals surface area (Å²) in [5.41, 5.74) is 2.05. The number of urea groups is 1. The molecule has 1 aromatic carbocycles. The second-order valence-electron chi connectivity index (χ2n) is 5.21. The third-order valence-corrected chi connectivity index (χ3v) is 3.73. The monoisotopic (exact) mass is 270 g/mol. The van der Waals surface area contributed by atoms with Gasteiger partial charge in [-0.1, -0.05) is 42.5 Å². The molecule has 0 radical (unpaired) electrons. The zero-order valence-electron chi connectivity index (χ0n) is 11.8. The van der Waals surface area contributed by atoms with Crippen LogP contribution in [0.2, 0.25) is 0 Å². The molecule has 1 unspecified atom stereocenters. The number of hydrazine groups is 1. The molecular formula is C15H18N4O. The SMILES string of the molecule is C=C(C)C1CCN2C(=O)N(C)N=C(c3ccccc3)N12. The fourth-order valence-electron chi connectivity index (χ4n) is 2.72. The zero-order valence-corrected chi connectivity index (χ0v) is 11.8. The smallest absolute Gasteiger partial charge is 0.255 e. The molecule has 3 rings (SSSR count). The number of nitrogens with zero attached hydrogens (tertiary/aromatic N) is 4. The van der Waals surface area contributed by atoms with Gasteiger partial charge in [-0.3, -0.25) is 5.01 Å². The molecule has 20 heavy (non-hydrogen) atoms. The zero-order chi connectivity index (χ0) is 14.3. The molecule has 1 fully saturated rings. The number of fused-ring (bicyclic) bond motifs is 1. The van der Waals surface area contributed by atoms with Gasteiger partial charge in [0.2, 0.25) is 0 Å². The van der Waals surface area contributed by atoms with Crippen LogP contribution in [0.3, 0.4) is 0 Å². The van der Waals surface area contributed by atoms with Crippen molar-refractivity contribution in [3.63, 3.8) is 0 Å². The predicted molar refractivity (Wildman–Crippen MR) is 77.9 cm³/mol. The summed E-state index contributed by atoms with van der Waals surface area (Å²) >= 11 is 0. The molecule has 0 N–H and O–H groups in total. The third kappa shape index (κ3) is 1.86. The van der Waals surface area contributed by atoms with Crippen LogP contribution in [-0.4, -0.2) is 46.5 Å². The highest BCUT2D eigenvalue weighted by Crippen LogP contribution is 2.29. The van der Waals surface area contributed by atoms with Gasteiger partial charge >= 0.3 is 6.03 Å². The van der Waals surface area contributed by atoms with Gasteiger partial charge in [0.1, 0.15) is 0 Å². The minimum absolute atomic E-state index is 0.0894. The van der Waals surface area contributed by atoms with Gasteiger partial charge in [-0.05, 0) is 13.3 Å². The quantitative estimate of drug-likeness (QED) is 0.773. The normalized spacial score (nSPS) is 21.9. The highest BCUT2D eigenvalue weighted by molar-refractivity contribution is 6.02. The molecule has 1 saturated heterocycles. The molecule has 5 heteroatoms. The molecule has 2 aliphatic heterocycles. The van der Waals surface area contributed by atoms with Crippen molar-refractivity contribution in [3.05, 3.63) is 48.0 Å². The molecule has 0 aromatic heterocycles. The number of carbonyl (C=O) groups excluding carboxylic acids is 1. The summed E-state index contributed by atoms with van der Waals surface area (Å²) in [4.78, 5) is 12.2. The molecule has 0 aliphatic carbocycles. The second kappa shape index (κ2) is 4.67. The molecule has 0 saturated carbocycles. The van der Waals surface area contributed by atoms with Crippen molar-refractivity contribution in [2.75, 3.05) is 13.6 Å². The van der Waals surface area contributed by atoms with Gasteiger partial charge in [0.05, 0.1) is 6.04 Å². The lowest BCUT2D eigenvalue weighted by atomic mass is 10.1. The molecule has 0 spiro atoms. The van der Waals surface area contributed by atoms with Crippen molar-refractivity contribution in [2.24, 2.45) is 5.10 Å². The van der Waals surface area contributed by atoms with E-state index in [0.717, 1.165) is 23.4 Å². The molecule has 1 aromatic rings. The Morgan fingerprint density at radius 1 is 1.35 bits per heavy atom. The van der Waals surface area contributed by atoms with E-state index in [4.69, 9.17) is 0 Å². The van der Waals surface area contributed by atoms with Crippen LogP contribution in [0.25, 0.3) is 0 Å². The number of amidine groups is 1. The van der Waals surface area contributed by atoms with E-state index in [9.17, 15) is 4.79 Å². The number of amides is 2. The second-order valence-corrected chi connectivity index (χ2v) is 5.21. The van der Waals surface area contributed by atoms with Crippen LogP contribution in [0.4, 0.5) is 4.79 Å². The summed E-state index contributed by atoms with van der Waals surface area (Å²) in [7, 11) is 1.69. The number of hydrogen-bond donors (Lipinski definition) is 0. The first-order valence-corrected chi connectivity index (χ1v) is 6.73. The third-order valence-electron chi connectivity index (χ3n) is 3.73. The lowest BCUT2D eigenvalue weighted by Gasteiger charge is -2.39. The Kier molecular flexibility index (Phi) is 2.97. The maximum Gasteiger partial charge on any atom is 0.359 e. The van der Waals surface area contributed by atoms with Crippen LogP contribution in [0.1, 0.15) is 18.9 Å². The fraction of sp³-hybridized carbons (Fsp3) is 0.333. The molecule has 2 amide bonds. The number of benzene rings is 1. The van der Waals surface area contributed by atoms with Gasteiger partial charge in [0.25, 0.3) is 0 Å². The molecule has 2 aliphatic rings. The predicted octanol–water partition coefficient (Wildman–Crippen LogP) is 2.28. The van der Waals surface area contributed by atoms with Gasteiger partial charge in [0, 0.05) is 19.2 Å². The van der Waals surface area contributed by atoms with E-state index in [1.54, 1.807) is 12.1 Å². The Hall–Kier alpha value is -2.30. The first-order chi connectivity index (χ1) is 9.59. The standard InChI is InChI=1S/C15H18N4O/c1-11(2)13-9-10-18-15(20)17(3)16-14(19(13)18)12-7-5-4-6-8-12/h4-8,13H,1,9-10H2,2-3H3. The van der Waals surface area contributed by atoms with E-state index in [2.05, 4.69) is 11.7 Å². The average molecular weight is 270 g/mol. The van der Waals surface area contributed by atoms with Gasteiger partial charge in [-0.2, -0.15) is 0 Å². The fourth-order valence-corrected chi connectivity index (χ4v) is 2.72. The van der Waals surface area contributed by atoms with Crippen molar-refractivity contribution < 1.29 is 4.79 Å². The summed E-state index contributed by atoms with van der Waals surface area (Å²) in [6, 6.07) is 9.98. The maximum absolute atomic E-state index is 12.2. The first-order valence-electron chi connectivity index (χ1n) is 6.73. The summed E-state index contributed by atoms with van der Waals surface area (Å²) < 4.78 is 0. The van der Waals surface area contributed by atoms with Crippen LogP contribution in [-0.2, 0) is 0 Å². The Labute approximate surface area is 118 Å². The molecule has 5 nitrogen and oxygen atoms in total. The Balaban J connectivity index is 2.08. The van der Waals surface area contributed by atoms with Gasteiger partial charge < -0.3 is 0 Å². The highest BCUT2D eigenvalue weighted by atomic mass is 16.2. The van der Waals surface area contributed by atoms with E-state index < -0.39 is 0 Å². The number of rotatable bonds is 2. The Morgan fingerprint density at radius 3 is 2.70 bits per heavy atom. The van der Waals surface area contributed by atoms with Crippen LogP contribution >= 0.6 is 0 Å². The summed E-state index contributed by atoms with van der Waals surface area (Å²) in [5, 5.41) is 9.60. The van der Waals surface area contributed by atoms with E-state index >= 15 is 0 Å². The van der Waals surface area contributed by atoms with Crippen LogP contribution in [0.15, 0.2) is 47.6 Å². The van der Waals surface area contributed by atoms with Crippen LogP contribution < -0.4 is 0 Å². The van der Waals surface area contributed by atoms with Crippen molar-refractivity contribution >= 4 is 11.9 Å². The topological polar surface area (TPSA) is 39.2 Å². The Morgan fingerprint density at radius 2 is 2.05 bits per heavy atom. The minimum atomic E-state index is -0.0894. The summed E-state index contributed by atoms with van der Waals surface area (Å²) in [6.45, 7) is 6.75. The van der Waals surface area contributed by atoms with Crippen molar-refractivity contribution in [3.8, 4) is 0 Å². The van der Waals surface area contributed by atoms with Crippen LogP contribution in [0.5, 0.6) is 0 Å². The van der Waals surface area contributed by atoms with Crippen molar-refractivity contribution in [2.45, 2.75) is 19.4 Å². The Bertz CT molecular complexity index is 581. The lowest BCUT2D eigenvalue weighted by molar-refractivity contribution is 0.0710. The number of carbonyl (C=O) groups is 1. The van der Waals surface area contributed by atoms with Gasteiger partial charge in [0.15, 0.2) is 5.84 Å². The molecule has 104 valence electrons. The number of hydrogen-bond acceptors (Lipinski definition) is 3. The largest absolute Gasteiger partial charge is 0.359 e. The van der Waals surface area contributed by atoms with Gasteiger partial charge in [-0.25, -0.2) is 14.8 Å². The first kappa shape index (κ1) is 12.7. The average Bonchev–Trinajstić information content (AvgIpc) is 2.89. The van der Waals surface area contributed by atoms with Gasteiger partial charge in [-0.15, -0.1) is 5.10 Å². The minimum Gasteiger partial charge on any atom is -0.255 e. The molecule has 1 atom stereocenters. The van der Waals surface area contributed by atoms with Crippen LogP contribution in [0, 0.1) is 0 Å². The molecule has 0 bridgehead atoms. The van der Waals surface area contributed by atoms with E-state index in [-0.39, 0.29) is 12.1 Å². The van der Waals surface area contributed by atoms with E-state index in [1.165, 1.54) is 5.01 Å². The maximum atomic E-state index is 12.2. The summed E-state index contributed by atoms with van der Waals surface area (Å²) in [6.07, 6.45) is 0.890. The van der Waals surface area contributed by atoms with E-state index in [0.29, 0.717) is 6.54 Å². The number of hydrazone groups is 1. The van der Waals surface area contributed by atoms with Crippen molar-refractivity contribution in [1.82, 2.24) is 15.0 Å².